The summed E-state index contributed by atoms with van der Waals surface area (Å²) < 4.78 is 12.0. The van der Waals surface area contributed by atoms with E-state index in [1.807, 2.05) is 0 Å². The van der Waals surface area contributed by atoms with E-state index in [0.717, 1.165) is 12.8 Å². The van der Waals surface area contributed by atoms with Gasteiger partial charge in [0, 0.05) is 5.92 Å². The van der Waals surface area contributed by atoms with Gasteiger partial charge in [-0.2, -0.15) is 0 Å². The fourth-order valence-corrected chi connectivity index (χ4v) is 1.93. The van der Waals surface area contributed by atoms with Crippen LogP contribution in [0.4, 0.5) is 4.32 Å². The second-order valence-corrected chi connectivity index (χ2v) is 4.50. The highest BCUT2D eigenvalue weighted by Crippen LogP contribution is 2.17. The summed E-state index contributed by atoms with van der Waals surface area (Å²) in [7, 11) is -0.487. The molecule has 0 rings (SSSR count). The van der Waals surface area contributed by atoms with Crippen molar-refractivity contribution in [3.05, 3.63) is 0 Å². The molecule has 1 unspecified atom stereocenters. The van der Waals surface area contributed by atoms with Gasteiger partial charge in [-0.1, -0.05) is 58.8 Å². The summed E-state index contributed by atoms with van der Waals surface area (Å²) in [6, 6.07) is 0. The minimum Gasteiger partial charge on any atom is -0.322 e. The molecule has 2 heteroatoms. The summed E-state index contributed by atoms with van der Waals surface area (Å²) in [6.07, 6.45) is 11.3. The zero-order chi connectivity index (χ0) is 12.1. The number of hydrogen-bond donors (Lipinski definition) is 0. The van der Waals surface area contributed by atoms with Crippen LogP contribution < -0.4 is 0 Å². The van der Waals surface area contributed by atoms with Crippen molar-refractivity contribution in [1.29, 1.82) is 0 Å². The van der Waals surface area contributed by atoms with E-state index in [2.05, 4.69) is 25.6 Å². The van der Waals surface area contributed by atoms with E-state index >= 15 is 0 Å². The predicted octanol–water partition coefficient (Wildman–Crippen LogP) is 4.44. The Morgan fingerprint density at radius 3 is 2.06 bits per heavy atom. The molecule has 0 saturated carbocycles. The van der Waals surface area contributed by atoms with E-state index < -0.39 is 7.56 Å². The highest BCUT2D eigenvalue weighted by Gasteiger charge is 2.04. The van der Waals surface area contributed by atoms with Gasteiger partial charge in [0.1, 0.15) is 0 Å². The van der Waals surface area contributed by atoms with Crippen molar-refractivity contribution in [2.75, 3.05) is 0 Å². The minimum absolute atomic E-state index is 0.444. The van der Waals surface area contributed by atoms with E-state index in [1.165, 1.54) is 44.9 Å². The molecule has 0 heterocycles. The zero-order valence-corrected chi connectivity index (χ0v) is 11.0. The maximum absolute atomic E-state index is 12.0. The molecule has 1 atom stereocenters. The van der Waals surface area contributed by atoms with E-state index in [0.29, 0.717) is 5.92 Å². The molecule has 0 aromatic rings. The molecule has 0 fully saturated rings. The van der Waals surface area contributed by atoms with Gasteiger partial charge < -0.3 is 4.32 Å². The summed E-state index contributed by atoms with van der Waals surface area (Å²) in [5, 5.41) is 0. The Hall–Kier alpha value is -0.445. The first-order valence-corrected chi connectivity index (χ1v) is 6.89. The Labute approximate surface area is 102 Å². The predicted molar refractivity (Wildman–Crippen MR) is 72.4 cm³/mol. The van der Waals surface area contributed by atoms with Gasteiger partial charge in [-0.25, -0.2) is 0 Å². The topological polar surface area (TPSA) is 0 Å². The van der Waals surface area contributed by atoms with Gasteiger partial charge in [0.2, 0.25) is 0 Å². The Balaban J connectivity index is 3.72. The first-order chi connectivity index (χ1) is 7.85. The number of rotatable bonds is 9. The van der Waals surface area contributed by atoms with Gasteiger partial charge in [-0.15, -0.1) is 11.7 Å². The largest absolute Gasteiger partial charge is 0.413 e. The molecule has 0 spiro atoms. The van der Waals surface area contributed by atoms with Crippen LogP contribution in [-0.2, 0) is 0 Å². The lowest BCUT2D eigenvalue weighted by Gasteiger charge is -2.10. The van der Waals surface area contributed by atoms with E-state index in [9.17, 15) is 4.32 Å². The Kier molecular flexibility index (Phi) is 12.3. The van der Waals surface area contributed by atoms with Gasteiger partial charge >= 0.3 is 7.56 Å². The fourth-order valence-electron chi connectivity index (χ4n) is 1.93. The van der Waals surface area contributed by atoms with Crippen LogP contribution in [0.1, 0.15) is 71.6 Å². The molecular formula is C14H26BF. The molecule has 16 heavy (non-hydrogen) atoms. The summed E-state index contributed by atoms with van der Waals surface area (Å²) in [5.41, 5.74) is 0. The summed E-state index contributed by atoms with van der Waals surface area (Å²) in [5.74, 6) is 6.12. The molecule has 0 aliphatic heterocycles. The lowest BCUT2D eigenvalue weighted by Crippen LogP contribution is -1.98. The molecule has 0 nitrogen and oxygen atoms in total. The molecule has 0 N–H and O–H groups in total. The lowest BCUT2D eigenvalue weighted by molar-refractivity contribution is 0.489. The molecule has 0 aromatic carbocycles. The molecule has 0 bridgehead atoms. The number of hydrogen-bond acceptors (Lipinski definition) is 0. The van der Waals surface area contributed by atoms with Gasteiger partial charge in [0.15, 0.2) is 0 Å². The van der Waals surface area contributed by atoms with Crippen LogP contribution in [-0.4, -0.2) is 7.56 Å². The first-order valence-electron chi connectivity index (χ1n) is 6.89. The van der Waals surface area contributed by atoms with Crippen LogP contribution in [0.5, 0.6) is 0 Å². The highest BCUT2D eigenvalue weighted by molar-refractivity contribution is 6.37. The summed E-state index contributed by atoms with van der Waals surface area (Å²) in [6.45, 7) is 4.44. The lowest BCUT2D eigenvalue weighted by atomic mass is 9.93. The van der Waals surface area contributed by atoms with Crippen LogP contribution in [0.15, 0.2) is 0 Å². The van der Waals surface area contributed by atoms with Gasteiger partial charge in [-0.3, -0.25) is 0 Å². The normalized spacial score (nSPS) is 11.7. The van der Waals surface area contributed by atoms with Gasteiger partial charge in [0.05, 0.1) is 0 Å². The third-order valence-corrected chi connectivity index (χ3v) is 2.94. The molecule has 0 aromatic heterocycles. The van der Waals surface area contributed by atoms with Crippen LogP contribution in [0.25, 0.3) is 0 Å². The van der Waals surface area contributed by atoms with E-state index in [4.69, 9.17) is 0 Å². The summed E-state index contributed by atoms with van der Waals surface area (Å²) in [4.78, 5) is 0. The highest BCUT2D eigenvalue weighted by atomic mass is 19.1. The number of halogens is 1. The third-order valence-electron chi connectivity index (χ3n) is 2.94. The van der Waals surface area contributed by atoms with E-state index in [1.54, 1.807) is 0 Å². The van der Waals surface area contributed by atoms with Crippen molar-refractivity contribution < 1.29 is 4.32 Å². The molecular weight excluding hydrogens is 198 g/mol. The van der Waals surface area contributed by atoms with Crippen molar-refractivity contribution in [2.45, 2.75) is 71.6 Å². The molecule has 92 valence electrons. The standard InChI is InChI=1S/C14H26BF/c1-3-5-7-9-11-14(12-13-15-16)10-8-6-4-2/h14-15H,3-11H2,1-2H3. The average Bonchev–Trinajstić information content (AvgIpc) is 2.31. The maximum atomic E-state index is 12.0. The second kappa shape index (κ2) is 12.6. The molecule has 0 aliphatic carbocycles. The average molecular weight is 224 g/mol. The van der Waals surface area contributed by atoms with Crippen molar-refractivity contribution in [1.82, 2.24) is 0 Å². The molecule has 0 saturated heterocycles. The van der Waals surface area contributed by atoms with Crippen LogP contribution >= 0.6 is 0 Å². The monoisotopic (exact) mass is 224 g/mol. The summed E-state index contributed by atoms with van der Waals surface area (Å²) >= 11 is 0. The minimum atomic E-state index is -0.487. The Morgan fingerprint density at radius 2 is 1.50 bits per heavy atom. The second-order valence-electron chi connectivity index (χ2n) is 4.50. The van der Waals surface area contributed by atoms with Crippen LogP contribution in [0.3, 0.4) is 0 Å². The SMILES string of the molecule is CCCCCCC(C#CBF)CCCCC. The Morgan fingerprint density at radius 1 is 0.938 bits per heavy atom. The van der Waals surface area contributed by atoms with Crippen LogP contribution in [0.2, 0.25) is 0 Å². The number of unbranched alkanes of at least 4 members (excludes halogenated alkanes) is 5. The van der Waals surface area contributed by atoms with Gasteiger partial charge in [-0.05, 0) is 12.8 Å². The van der Waals surface area contributed by atoms with Crippen LogP contribution in [0, 0.1) is 17.7 Å². The molecule has 0 aliphatic rings. The quantitative estimate of drug-likeness (QED) is 0.308. The van der Waals surface area contributed by atoms with Crippen molar-refractivity contribution >= 4 is 7.56 Å². The van der Waals surface area contributed by atoms with Crippen molar-refractivity contribution in [3.8, 4) is 11.7 Å². The van der Waals surface area contributed by atoms with E-state index in [-0.39, 0.29) is 0 Å². The zero-order valence-electron chi connectivity index (χ0n) is 11.0. The third kappa shape index (κ3) is 10.1. The Bertz CT molecular complexity index is 193. The van der Waals surface area contributed by atoms with Crippen molar-refractivity contribution in [3.63, 3.8) is 0 Å². The maximum Gasteiger partial charge on any atom is 0.413 e. The van der Waals surface area contributed by atoms with Gasteiger partial charge in [0.25, 0.3) is 0 Å². The first kappa shape index (κ1) is 15.6. The smallest absolute Gasteiger partial charge is 0.322 e. The van der Waals surface area contributed by atoms with Crippen molar-refractivity contribution in [2.24, 2.45) is 5.92 Å². The molecule has 0 radical (unpaired) electrons. The molecule has 0 amide bonds. The fraction of sp³-hybridized carbons (Fsp3) is 0.857.